The third-order valence-electron chi connectivity index (χ3n) is 3.82. The molecule has 0 saturated carbocycles. The Labute approximate surface area is 121 Å². The third kappa shape index (κ3) is 5.90. The van der Waals surface area contributed by atoms with Gasteiger partial charge in [0, 0.05) is 6.04 Å². The molecule has 1 aliphatic rings. The highest BCUT2D eigenvalue weighted by atomic mass is 16.4. The molecule has 1 unspecified atom stereocenters. The Hall–Kier alpha value is -1.10. The first kappa shape index (κ1) is 17.0. The van der Waals surface area contributed by atoms with Gasteiger partial charge in [-0.25, -0.2) is 0 Å². The van der Waals surface area contributed by atoms with Gasteiger partial charge in [-0.3, -0.25) is 14.5 Å². The number of amides is 1. The zero-order chi connectivity index (χ0) is 15.1. The van der Waals surface area contributed by atoms with Crippen molar-refractivity contribution in [3.8, 4) is 0 Å². The second kappa shape index (κ2) is 8.25. The van der Waals surface area contributed by atoms with Crippen molar-refractivity contribution < 1.29 is 14.7 Å². The second-order valence-corrected chi connectivity index (χ2v) is 6.26. The minimum atomic E-state index is -0.819. The van der Waals surface area contributed by atoms with Crippen LogP contribution in [0.25, 0.3) is 0 Å². The Bertz CT molecular complexity index is 331. The maximum absolute atomic E-state index is 11.9. The molecule has 116 valence electrons. The lowest BCUT2D eigenvalue weighted by molar-refractivity contribution is -0.142. The van der Waals surface area contributed by atoms with E-state index in [9.17, 15) is 9.59 Å². The van der Waals surface area contributed by atoms with Gasteiger partial charge in [0.25, 0.3) is 0 Å². The molecular weight excluding hydrogens is 256 g/mol. The number of likely N-dealkylation sites (tertiary alicyclic amines) is 1. The number of nitrogens with zero attached hydrogens (tertiary/aromatic N) is 1. The van der Waals surface area contributed by atoms with Gasteiger partial charge >= 0.3 is 5.97 Å². The highest BCUT2D eigenvalue weighted by Crippen LogP contribution is 2.16. The molecule has 1 saturated heterocycles. The molecule has 1 amide bonds. The fraction of sp³-hybridized carbons (Fsp3) is 0.867. The first-order chi connectivity index (χ1) is 9.40. The minimum Gasteiger partial charge on any atom is -0.480 e. The summed E-state index contributed by atoms with van der Waals surface area (Å²) in [6.07, 6.45) is 4.76. The molecule has 0 spiro atoms. The van der Waals surface area contributed by atoms with Crippen LogP contribution in [-0.4, -0.2) is 47.1 Å². The van der Waals surface area contributed by atoms with Crippen LogP contribution in [0.3, 0.4) is 0 Å². The quantitative estimate of drug-likeness (QED) is 0.714. The lowest BCUT2D eigenvalue weighted by atomic mass is 10.0. The Balaban J connectivity index is 2.27. The number of carboxylic acids is 1. The second-order valence-electron chi connectivity index (χ2n) is 6.26. The zero-order valence-electron chi connectivity index (χ0n) is 12.9. The molecule has 1 rings (SSSR count). The summed E-state index contributed by atoms with van der Waals surface area (Å²) in [6, 6.07) is -0.330. The van der Waals surface area contributed by atoms with Gasteiger partial charge < -0.3 is 10.4 Å². The molecule has 0 aliphatic carbocycles. The van der Waals surface area contributed by atoms with Gasteiger partial charge in [-0.15, -0.1) is 0 Å². The SMILES string of the molecule is CC(C)CCCC(C)NC(=O)CN1CCC[C@@H]1C(=O)O. The monoisotopic (exact) mass is 284 g/mol. The van der Waals surface area contributed by atoms with Crippen molar-refractivity contribution in [3.63, 3.8) is 0 Å². The zero-order valence-corrected chi connectivity index (χ0v) is 12.9. The predicted octanol–water partition coefficient (Wildman–Crippen LogP) is 1.87. The van der Waals surface area contributed by atoms with Crippen molar-refractivity contribution in [1.82, 2.24) is 10.2 Å². The molecule has 0 bridgehead atoms. The normalized spacial score (nSPS) is 21.1. The Morgan fingerprint density at radius 3 is 2.60 bits per heavy atom. The molecule has 0 aromatic carbocycles. The summed E-state index contributed by atoms with van der Waals surface area (Å²) in [5.41, 5.74) is 0. The third-order valence-corrected chi connectivity index (χ3v) is 3.82. The van der Waals surface area contributed by atoms with Crippen molar-refractivity contribution in [2.75, 3.05) is 13.1 Å². The fourth-order valence-corrected chi connectivity index (χ4v) is 2.70. The van der Waals surface area contributed by atoms with E-state index in [4.69, 9.17) is 5.11 Å². The first-order valence-electron chi connectivity index (χ1n) is 7.66. The Morgan fingerprint density at radius 1 is 1.30 bits per heavy atom. The van der Waals surface area contributed by atoms with E-state index in [1.54, 1.807) is 4.90 Å². The molecule has 2 N–H and O–H groups in total. The van der Waals surface area contributed by atoms with E-state index < -0.39 is 12.0 Å². The van der Waals surface area contributed by atoms with Crippen LogP contribution in [0.15, 0.2) is 0 Å². The number of hydrogen-bond donors (Lipinski definition) is 2. The molecule has 1 fully saturated rings. The number of nitrogens with one attached hydrogen (secondary N) is 1. The van der Waals surface area contributed by atoms with Gasteiger partial charge in [-0.2, -0.15) is 0 Å². The van der Waals surface area contributed by atoms with E-state index >= 15 is 0 Å². The minimum absolute atomic E-state index is 0.0600. The van der Waals surface area contributed by atoms with Gasteiger partial charge in [0.05, 0.1) is 6.54 Å². The maximum Gasteiger partial charge on any atom is 0.320 e. The molecule has 0 radical (unpaired) electrons. The van der Waals surface area contributed by atoms with Gasteiger partial charge in [0.1, 0.15) is 6.04 Å². The van der Waals surface area contributed by atoms with Crippen molar-refractivity contribution in [1.29, 1.82) is 0 Å². The number of carbonyl (C=O) groups excluding carboxylic acids is 1. The van der Waals surface area contributed by atoms with E-state index in [0.717, 1.165) is 19.3 Å². The summed E-state index contributed by atoms with van der Waals surface area (Å²) in [4.78, 5) is 24.7. The molecule has 1 heterocycles. The maximum atomic E-state index is 11.9. The standard InChI is InChI=1S/C15H28N2O3/c1-11(2)6-4-7-12(3)16-14(18)10-17-9-5-8-13(17)15(19)20/h11-13H,4-10H2,1-3H3,(H,16,18)(H,19,20)/t12?,13-/m1/s1. The van der Waals surface area contributed by atoms with E-state index in [-0.39, 0.29) is 18.5 Å². The molecule has 2 atom stereocenters. The van der Waals surface area contributed by atoms with Gasteiger partial charge in [-0.05, 0) is 38.6 Å². The highest BCUT2D eigenvalue weighted by molar-refractivity contribution is 5.80. The molecule has 0 aromatic heterocycles. The van der Waals surface area contributed by atoms with Crippen LogP contribution in [-0.2, 0) is 9.59 Å². The van der Waals surface area contributed by atoms with Crippen molar-refractivity contribution >= 4 is 11.9 Å². The van der Waals surface area contributed by atoms with Crippen molar-refractivity contribution in [2.45, 2.75) is 65.0 Å². The summed E-state index contributed by atoms with van der Waals surface area (Å²) >= 11 is 0. The smallest absolute Gasteiger partial charge is 0.320 e. The van der Waals surface area contributed by atoms with Crippen LogP contribution in [0.4, 0.5) is 0 Å². The fourth-order valence-electron chi connectivity index (χ4n) is 2.70. The number of carbonyl (C=O) groups is 2. The molecule has 1 aliphatic heterocycles. The van der Waals surface area contributed by atoms with Crippen LogP contribution in [0.1, 0.15) is 52.9 Å². The summed E-state index contributed by atoms with van der Waals surface area (Å²) in [6.45, 7) is 7.31. The summed E-state index contributed by atoms with van der Waals surface area (Å²) < 4.78 is 0. The van der Waals surface area contributed by atoms with Crippen LogP contribution >= 0.6 is 0 Å². The lowest BCUT2D eigenvalue weighted by Crippen LogP contribution is -2.45. The van der Waals surface area contributed by atoms with Crippen molar-refractivity contribution in [2.24, 2.45) is 5.92 Å². The molecular formula is C15H28N2O3. The van der Waals surface area contributed by atoms with Crippen LogP contribution in [0.2, 0.25) is 0 Å². The Morgan fingerprint density at radius 2 is 2.00 bits per heavy atom. The predicted molar refractivity (Wildman–Crippen MR) is 78.5 cm³/mol. The topological polar surface area (TPSA) is 69.6 Å². The number of carboxylic acid groups (broad SMARTS) is 1. The van der Waals surface area contributed by atoms with Gasteiger partial charge in [-0.1, -0.05) is 26.7 Å². The van der Waals surface area contributed by atoms with Crippen LogP contribution in [0.5, 0.6) is 0 Å². The summed E-state index contributed by atoms with van der Waals surface area (Å²) in [7, 11) is 0. The average molecular weight is 284 g/mol. The lowest BCUT2D eigenvalue weighted by Gasteiger charge is -2.22. The number of rotatable bonds is 8. The Kier molecular flexibility index (Phi) is 6.99. The number of aliphatic carboxylic acids is 1. The number of hydrogen-bond acceptors (Lipinski definition) is 3. The van der Waals surface area contributed by atoms with Gasteiger partial charge in [0.2, 0.25) is 5.91 Å². The summed E-state index contributed by atoms with van der Waals surface area (Å²) in [5.74, 6) is -0.186. The first-order valence-corrected chi connectivity index (χ1v) is 7.66. The highest BCUT2D eigenvalue weighted by Gasteiger charge is 2.31. The van der Waals surface area contributed by atoms with E-state index in [1.165, 1.54) is 6.42 Å². The molecule has 20 heavy (non-hydrogen) atoms. The van der Waals surface area contributed by atoms with E-state index in [1.807, 2.05) is 6.92 Å². The largest absolute Gasteiger partial charge is 0.480 e. The van der Waals surface area contributed by atoms with Gasteiger partial charge in [0.15, 0.2) is 0 Å². The average Bonchev–Trinajstić information content (AvgIpc) is 2.76. The van der Waals surface area contributed by atoms with E-state index in [2.05, 4.69) is 19.2 Å². The summed E-state index contributed by atoms with van der Waals surface area (Å²) in [5, 5.41) is 12.0. The van der Waals surface area contributed by atoms with Crippen molar-refractivity contribution in [3.05, 3.63) is 0 Å². The van der Waals surface area contributed by atoms with Crippen LogP contribution in [0, 0.1) is 5.92 Å². The molecule has 0 aromatic rings. The van der Waals surface area contributed by atoms with E-state index in [0.29, 0.717) is 18.9 Å². The van der Waals surface area contributed by atoms with Crippen LogP contribution < -0.4 is 5.32 Å². The molecule has 5 nitrogen and oxygen atoms in total. The molecule has 5 heteroatoms.